The summed E-state index contributed by atoms with van der Waals surface area (Å²) in [6.45, 7) is 14.9. The van der Waals surface area contributed by atoms with Crippen molar-refractivity contribution in [1.29, 1.82) is 0 Å². The van der Waals surface area contributed by atoms with Gasteiger partial charge in [-0.1, -0.05) is 0 Å². The zero-order valence-electron chi connectivity index (χ0n) is 16.9. The molecule has 1 atom stereocenters. The van der Waals surface area contributed by atoms with Crippen LogP contribution in [0.15, 0.2) is 4.99 Å². The Hall–Kier alpha value is -1.34. The lowest BCUT2D eigenvalue weighted by atomic mass is 10.2. The molecule has 1 N–H and O–H groups in total. The first-order valence-electron chi connectivity index (χ1n) is 10.3. The summed E-state index contributed by atoms with van der Waals surface area (Å²) in [6, 6.07) is -0.0130. The number of amides is 1. The second-order valence-electron chi connectivity index (χ2n) is 7.02. The van der Waals surface area contributed by atoms with E-state index in [-0.39, 0.29) is 6.04 Å². The number of hydrogen-bond acceptors (Lipinski definition) is 4. The Morgan fingerprint density at radius 2 is 1.77 bits per heavy atom. The molecule has 0 aromatic heterocycles. The third-order valence-corrected chi connectivity index (χ3v) is 5.18. The quantitative estimate of drug-likeness (QED) is 0.394. The highest BCUT2D eigenvalue weighted by Crippen LogP contribution is 2.14. The van der Waals surface area contributed by atoms with E-state index in [4.69, 9.17) is 9.73 Å². The standard InChI is InChI=1S/C19H37N5O2/c1-4-20-19(21-9-8-16-26-5-2)24-14-12-22(13-15-24)17(3)18(25)23-10-6-7-11-23/h17H,4-16H2,1-3H3,(H,20,21). The van der Waals surface area contributed by atoms with Gasteiger partial charge in [-0.2, -0.15) is 0 Å². The van der Waals surface area contributed by atoms with E-state index < -0.39 is 0 Å². The van der Waals surface area contributed by atoms with Crippen LogP contribution in [0, 0.1) is 0 Å². The molecule has 0 aliphatic carbocycles. The lowest BCUT2D eigenvalue weighted by Crippen LogP contribution is -2.57. The van der Waals surface area contributed by atoms with Crippen LogP contribution in [0.3, 0.4) is 0 Å². The van der Waals surface area contributed by atoms with Gasteiger partial charge in [0, 0.05) is 65.6 Å². The Kier molecular flexibility index (Phi) is 9.18. The van der Waals surface area contributed by atoms with Crippen LogP contribution >= 0.6 is 0 Å². The number of likely N-dealkylation sites (tertiary alicyclic amines) is 1. The number of guanidine groups is 1. The second-order valence-corrected chi connectivity index (χ2v) is 7.02. The minimum Gasteiger partial charge on any atom is -0.382 e. The first-order chi connectivity index (χ1) is 12.7. The highest BCUT2D eigenvalue weighted by molar-refractivity contribution is 5.82. The predicted octanol–water partition coefficient (Wildman–Crippen LogP) is 1.01. The molecule has 0 bridgehead atoms. The van der Waals surface area contributed by atoms with E-state index in [0.29, 0.717) is 5.91 Å². The predicted molar refractivity (Wildman–Crippen MR) is 106 cm³/mol. The fourth-order valence-corrected chi connectivity index (χ4v) is 3.60. The lowest BCUT2D eigenvalue weighted by Gasteiger charge is -2.39. The van der Waals surface area contributed by atoms with Gasteiger partial charge in [0.25, 0.3) is 0 Å². The maximum Gasteiger partial charge on any atom is 0.239 e. The summed E-state index contributed by atoms with van der Waals surface area (Å²) in [5, 5.41) is 3.40. The van der Waals surface area contributed by atoms with Gasteiger partial charge < -0.3 is 19.9 Å². The second kappa shape index (κ2) is 11.4. The molecule has 150 valence electrons. The van der Waals surface area contributed by atoms with E-state index in [1.54, 1.807) is 0 Å². The van der Waals surface area contributed by atoms with Crippen molar-refractivity contribution >= 4 is 11.9 Å². The largest absolute Gasteiger partial charge is 0.382 e. The molecule has 2 aliphatic heterocycles. The minimum absolute atomic E-state index is 0.0130. The van der Waals surface area contributed by atoms with Crippen molar-refractivity contribution in [3.8, 4) is 0 Å². The third-order valence-electron chi connectivity index (χ3n) is 5.18. The summed E-state index contributed by atoms with van der Waals surface area (Å²) in [4.78, 5) is 24.0. The Balaban J connectivity index is 1.80. The first kappa shape index (κ1) is 21.0. The van der Waals surface area contributed by atoms with Crippen molar-refractivity contribution in [2.75, 3.05) is 65.6 Å². The number of piperazine rings is 1. The number of carbonyl (C=O) groups is 1. The summed E-state index contributed by atoms with van der Waals surface area (Å²) in [5.74, 6) is 1.29. The zero-order chi connectivity index (χ0) is 18.8. The molecule has 0 saturated carbocycles. The molecule has 2 saturated heterocycles. The number of hydrogen-bond donors (Lipinski definition) is 1. The zero-order valence-corrected chi connectivity index (χ0v) is 16.9. The fraction of sp³-hybridized carbons (Fsp3) is 0.895. The number of rotatable bonds is 8. The average Bonchev–Trinajstić information content (AvgIpc) is 3.21. The molecule has 0 radical (unpaired) electrons. The number of nitrogens with one attached hydrogen (secondary N) is 1. The molecule has 26 heavy (non-hydrogen) atoms. The molecule has 2 aliphatic rings. The van der Waals surface area contributed by atoms with Crippen molar-refractivity contribution in [3.05, 3.63) is 0 Å². The van der Waals surface area contributed by atoms with Gasteiger partial charge in [0.2, 0.25) is 5.91 Å². The van der Waals surface area contributed by atoms with E-state index in [2.05, 4.69) is 29.0 Å². The molecular weight excluding hydrogens is 330 g/mol. The van der Waals surface area contributed by atoms with Crippen LogP contribution in [0.1, 0.15) is 40.0 Å². The van der Waals surface area contributed by atoms with Crippen LogP contribution in [0.5, 0.6) is 0 Å². The monoisotopic (exact) mass is 367 g/mol. The molecule has 1 amide bonds. The molecule has 7 nitrogen and oxygen atoms in total. The van der Waals surface area contributed by atoms with E-state index >= 15 is 0 Å². The van der Waals surface area contributed by atoms with Crippen molar-refractivity contribution in [1.82, 2.24) is 20.0 Å². The molecule has 0 aromatic rings. The van der Waals surface area contributed by atoms with Crippen molar-refractivity contribution in [2.24, 2.45) is 4.99 Å². The summed E-state index contributed by atoms with van der Waals surface area (Å²) >= 11 is 0. The normalized spacial score (nSPS) is 20.5. The molecular formula is C19H37N5O2. The van der Waals surface area contributed by atoms with E-state index in [1.165, 1.54) is 0 Å². The minimum atomic E-state index is -0.0130. The Morgan fingerprint density at radius 3 is 2.38 bits per heavy atom. The van der Waals surface area contributed by atoms with Crippen molar-refractivity contribution in [2.45, 2.75) is 46.1 Å². The number of nitrogens with zero attached hydrogens (tertiary/aromatic N) is 4. The van der Waals surface area contributed by atoms with Crippen LogP contribution in [0.25, 0.3) is 0 Å². The molecule has 2 heterocycles. The van der Waals surface area contributed by atoms with E-state index in [0.717, 1.165) is 90.8 Å². The van der Waals surface area contributed by atoms with Crippen molar-refractivity contribution < 1.29 is 9.53 Å². The van der Waals surface area contributed by atoms with Gasteiger partial charge >= 0.3 is 0 Å². The number of carbonyl (C=O) groups excluding carboxylic acids is 1. The van der Waals surface area contributed by atoms with Crippen LogP contribution in [0.2, 0.25) is 0 Å². The number of ether oxygens (including phenoxy) is 1. The van der Waals surface area contributed by atoms with E-state index in [9.17, 15) is 4.79 Å². The van der Waals surface area contributed by atoms with Gasteiger partial charge in [-0.25, -0.2) is 0 Å². The molecule has 0 aromatic carbocycles. The van der Waals surface area contributed by atoms with Gasteiger partial charge in [-0.05, 0) is 40.0 Å². The van der Waals surface area contributed by atoms with Crippen LogP contribution in [0.4, 0.5) is 0 Å². The topological polar surface area (TPSA) is 60.4 Å². The van der Waals surface area contributed by atoms with Crippen LogP contribution in [-0.2, 0) is 9.53 Å². The lowest BCUT2D eigenvalue weighted by molar-refractivity contribution is -0.135. The molecule has 1 unspecified atom stereocenters. The molecule has 0 spiro atoms. The van der Waals surface area contributed by atoms with E-state index in [1.807, 2.05) is 11.8 Å². The number of aliphatic imine (C=N–C) groups is 1. The highest BCUT2D eigenvalue weighted by Gasteiger charge is 2.30. The Morgan fingerprint density at radius 1 is 1.08 bits per heavy atom. The van der Waals surface area contributed by atoms with Gasteiger partial charge in [-0.15, -0.1) is 0 Å². The fourth-order valence-electron chi connectivity index (χ4n) is 3.60. The third kappa shape index (κ3) is 6.13. The molecule has 2 rings (SSSR count). The Bertz CT molecular complexity index is 443. The summed E-state index contributed by atoms with van der Waals surface area (Å²) in [5.41, 5.74) is 0. The highest BCUT2D eigenvalue weighted by atomic mass is 16.5. The van der Waals surface area contributed by atoms with Gasteiger partial charge in [-0.3, -0.25) is 14.7 Å². The summed E-state index contributed by atoms with van der Waals surface area (Å²) in [6.07, 6.45) is 3.25. The molecule has 2 fully saturated rings. The maximum absolute atomic E-state index is 12.6. The smallest absolute Gasteiger partial charge is 0.239 e. The summed E-state index contributed by atoms with van der Waals surface area (Å²) < 4.78 is 5.38. The van der Waals surface area contributed by atoms with Gasteiger partial charge in [0.1, 0.15) is 0 Å². The Labute approximate surface area is 158 Å². The molecule has 7 heteroatoms. The van der Waals surface area contributed by atoms with Crippen molar-refractivity contribution in [3.63, 3.8) is 0 Å². The average molecular weight is 368 g/mol. The SMILES string of the molecule is CCNC(=NCCCOCC)N1CCN(C(C)C(=O)N2CCCC2)CC1. The van der Waals surface area contributed by atoms with Gasteiger partial charge in [0.15, 0.2) is 5.96 Å². The summed E-state index contributed by atoms with van der Waals surface area (Å²) in [7, 11) is 0. The van der Waals surface area contributed by atoms with Crippen LogP contribution in [-0.4, -0.2) is 98.2 Å². The van der Waals surface area contributed by atoms with Gasteiger partial charge in [0.05, 0.1) is 6.04 Å². The first-order valence-corrected chi connectivity index (χ1v) is 10.3. The maximum atomic E-state index is 12.6. The van der Waals surface area contributed by atoms with Crippen LogP contribution < -0.4 is 5.32 Å².